The Morgan fingerprint density at radius 3 is 2.27 bits per heavy atom. The maximum absolute atomic E-state index is 11.4. The van der Waals surface area contributed by atoms with Crippen LogP contribution in [0, 0.1) is 6.92 Å². The van der Waals surface area contributed by atoms with Gasteiger partial charge in [0.15, 0.2) is 0 Å². The second-order valence-electron chi connectivity index (χ2n) is 3.30. The van der Waals surface area contributed by atoms with Gasteiger partial charge in [-0.1, -0.05) is 6.07 Å². The molecule has 0 radical (unpaired) electrons. The minimum Gasteiger partial charge on any atom is -0.269 e. The third-order valence-electron chi connectivity index (χ3n) is 2.15. The SMILES string of the molecule is Cc1ccc(N2C(=O)C=CC2=O)c(Br)c1. The zero-order valence-corrected chi connectivity index (χ0v) is 9.61. The van der Waals surface area contributed by atoms with Crippen molar-refractivity contribution in [2.75, 3.05) is 4.90 Å². The predicted molar refractivity (Wildman–Crippen MR) is 60.5 cm³/mol. The maximum atomic E-state index is 11.4. The quantitative estimate of drug-likeness (QED) is 0.730. The maximum Gasteiger partial charge on any atom is 0.258 e. The Balaban J connectivity index is 2.46. The molecule has 0 bridgehead atoms. The van der Waals surface area contributed by atoms with Gasteiger partial charge in [-0.05, 0) is 40.5 Å². The lowest BCUT2D eigenvalue weighted by Gasteiger charge is -2.15. The van der Waals surface area contributed by atoms with Crippen LogP contribution in [-0.2, 0) is 9.59 Å². The lowest BCUT2D eigenvalue weighted by molar-refractivity contribution is -0.119. The molecule has 0 spiro atoms. The van der Waals surface area contributed by atoms with Gasteiger partial charge in [-0.2, -0.15) is 0 Å². The highest BCUT2D eigenvalue weighted by molar-refractivity contribution is 9.10. The van der Waals surface area contributed by atoms with Gasteiger partial charge in [0.25, 0.3) is 11.8 Å². The summed E-state index contributed by atoms with van der Waals surface area (Å²) in [6.45, 7) is 1.94. The minimum absolute atomic E-state index is 0.301. The van der Waals surface area contributed by atoms with E-state index in [0.717, 1.165) is 14.9 Å². The summed E-state index contributed by atoms with van der Waals surface area (Å²) in [6.07, 6.45) is 2.54. The van der Waals surface area contributed by atoms with Crippen LogP contribution in [0.1, 0.15) is 5.56 Å². The van der Waals surface area contributed by atoms with Gasteiger partial charge >= 0.3 is 0 Å². The first-order valence-electron chi connectivity index (χ1n) is 4.42. The van der Waals surface area contributed by atoms with Crippen molar-refractivity contribution >= 4 is 33.4 Å². The minimum atomic E-state index is -0.301. The number of benzene rings is 1. The Morgan fingerprint density at radius 1 is 1.13 bits per heavy atom. The van der Waals surface area contributed by atoms with E-state index >= 15 is 0 Å². The largest absolute Gasteiger partial charge is 0.269 e. The van der Waals surface area contributed by atoms with E-state index in [1.807, 2.05) is 19.1 Å². The number of imide groups is 1. The van der Waals surface area contributed by atoms with Crippen LogP contribution >= 0.6 is 15.9 Å². The van der Waals surface area contributed by atoms with E-state index in [1.165, 1.54) is 12.2 Å². The number of aryl methyl sites for hydroxylation is 1. The summed E-state index contributed by atoms with van der Waals surface area (Å²) in [7, 11) is 0. The molecule has 0 atom stereocenters. The van der Waals surface area contributed by atoms with Crippen LogP contribution in [0.4, 0.5) is 5.69 Å². The summed E-state index contributed by atoms with van der Waals surface area (Å²) in [4.78, 5) is 24.0. The van der Waals surface area contributed by atoms with Gasteiger partial charge in [0.2, 0.25) is 0 Å². The van der Waals surface area contributed by atoms with Crippen LogP contribution in [0.5, 0.6) is 0 Å². The summed E-state index contributed by atoms with van der Waals surface area (Å²) in [6, 6.07) is 5.48. The summed E-state index contributed by atoms with van der Waals surface area (Å²) >= 11 is 3.34. The topological polar surface area (TPSA) is 37.4 Å². The third-order valence-corrected chi connectivity index (χ3v) is 2.79. The highest BCUT2D eigenvalue weighted by atomic mass is 79.9. The molecular weight excluding hydrogens is 258 g/mol. The van der Waals surface area contributed by atoms with Gasteiger partial charge in [0.1, 0.15) is 0 Å². The van der Waals surface area contributed by atoms with E-state index in [1.54, 1.807) is 6.07 Å². The van der Waals surface area contributed by atoms with Crippen LogP contribution in [0.25, 0.3) is 0 Å². The molecule has 0 N–H and O–H groups in total. The standard InChI is InChI=1S/C11H8BrNO2/c1-7-2-3-9(8(12)6-7)13-10(14)4-5-11(13)15/h2-6H,1H3. The molecule has 2 rings (SSSR count). The molecule has 0 aliphatic carbocycles. The van der Waals surface area contributed by atoms with Gasteiger partial charge in [0.05, 0.1) is 5.69 Å². The first kappa shape index (κ1) is 10.1. The fraction of sp³-hybridized carbons (Fsp3) is 0.0909. The number of hydrogen-bond donors (Lipinski definition) is 0. The number of anilines is 1. The van der Waals surface area contributed by atoms with Crippen LogP contribution in [0.3, 0.4) is 0 Å². The van der Waals surface area contributed by atoms with E-state index < -0.39 is 0 Å². The second kappa shape index (κ2) is 3.62. The van der Waals surface area contributed by atoms with Gasteiger partial charge in [0, 0.05) is 16.6 Å². The Morgan fingerprint density at radius 2 is 1.73 bits per heavy atom. The van der Waals surface area contributed by atoms with Gasteiger partial charge in [-0.25, -0.2) is 4.90 Å². The summed E-state index contributed by atoms with van der Waals surface area (Å²) in [5.74, 6) is -0.603. The third kappa shape index (κ3) is 1.72. The number of carbonyl (C=O) groups excluding carboxylic acids is 2. The second-order valence-corrected chi connectivity index (χ2v) is 4.15. The molecule has 1 aliphatic heterocycles. The van der Waals surface area contributed by atoms with Crippen molar-refractivity contribution in [1.29, 1.82) is 0 Å². The molecule has 1 aromatic rings. The molecule has 0 saturated carbocycles. The molecule has 0 fully saturated rings. The zero-order chi connectivity index (χ0) is 11.0. The lowest BCUT2D eigenvalue weighted by atomic mass is 10.2. The number of halogens is 1. The summed E-state index contributed by atoms with van der Waals surface area (Å²) in [5.41, 5.74) is 1.65. The molecule has 1 aromatic carbocycles. The first-order chi connectivity index (χ1) is 7.09. The van der Waals surface area contributed by atoms with Gasteiger partial charge in [-0.3, -0.25) is 9.59 Å². The average Bonchev–Trinajstić information content (AvgIpc) is 2.48. The molecule has 1 heterocycles. The smallest absolute Gasteiger partial charge is 0.258 e. The van der Waals surface area contributed by atoms with E-state index in [2.05, 4.69) is 15.9 Å². The Hall–Kier alpha value is -1.42. The van der Waals surface area contributed by atoms with Crippen molar-refractivity contribution in [3.63, 3.8) is 0 Å². The van der Waals surface area contributed by atoms with E-state index in [-0.39, 0.29) is 11.8 Å². The lowest BCUT2D eigenvalue weighted by Crippen LogP contribution is -2.29. The predicted octanol–water partition coefficient (Wildman–Crippen LogP) is 2.19. The van der Waals surface area contributed by atoms with Crippen molar-refractivity contribution in [2.24, 2.45) is 0 Å². The number of nitrogens with zero attached hydrogens (tertiary/aromatic N) is 1. The monoisotopic (exact) mass is 265 g/mol. The average molecular weight is 266 g/mol. The van der Waals surface area contributed by atoms with E-state index in [9.17, 15) is 9.59 Å². The Kier molecular flexibility index (Phi) is 2.44. The molecular formula is C11H8BrNO2. The normalized spacial score (nSPS) is 15.2. The summed E-state index contributed by atoms with van der Waals surface area (Å²) in [5, 5.41) is 0. The number of hydrogen-bond acceptors (Lipinski definition) is 2. The molecule has 3 nitrogen and oxygen atoms in total. The molecule has 15 heavy (non-hydrogen) atoms. The molecule has 0 saturated heterocycles. The highest BCUT2D eigenvalue weighted by Crippen LogP contribution is 2.29. The molecule has 4 heteroatoms. The fourth-order valence-electron chi connectivity index (χ4n) is 1.43. The molecule has 0 unspecified atom stereocenters. The van der Waals surface area contributed by atoms with Crippen LogP contribution in [-0.4, -0.2) is 11.8 Å². The van der Waals surface area contributed by atoms with Gasteiger partial charge in [-0.15, -0.1) is 0 Å². The fourth-order valence-corrected chi connectivity index (χ4v) is 2.10. The molecule has 2 amide bonds. The van der Waals surface area contributed by atoms with E-state index in [4.69, 9.17) is 0 Å². The molecule has 1 aliphatic rings. The number of carbonyl (C=O) groups is 2. The van der Waals surface area contributed by atoms with Crippen LogP contribution in [0.15, 0.2) is 34.8 Å². The van der Waals surface area contributed by atoms with Crippen molar-refractivity contribution in [3.05, 3.63) is 40.4 Å². The number of rotatable bonds is 1. The van der Waals surface area contributed by atoms with Gasteiger partial charge < -0.3 is 0 Å². The van der Waals surface area contributed by atoms with Crippen molar-refractivity contribution < 1.29 is 9.59 Å². The van der Waals surface area contributed by atoms with E-state index in [0.29, 0.717) is 5.69 Å². The van der Waals surface area contributed by atoms with Crippen molar-refractivity contribution in [1.82, 2.24) is 0 Å². The Labute approximate surface area is 95.5 Å². The van der Waals surface area contributed by atoms with Crippen LogP contribution in [0.2, 0.25) is 0 Å². The number of amides is 2. The first-order valence-corrected chi connectivity index (χ1v) is 5.21. The molecule has 76 valence electrons. The zero-order valence-electron chi connectivity index (χ0n) is 8.03. The van der Waals surface area contributed by atoms with Crippen molar-refractivity contribution in [3.8, 4) is 0 Å². The highest BCUT2D eigenvalue weighted by Gasteiger charge is 2.26. The van der Waals surface area contributed by atoms with Crippen LogP contribution < -0.4 is 4.90 Å². The Bertz CT molecular complexity index is 461. The molecule has 0 aromatic heterocycles. The van der Waals surface area contributed by atoms with Crippen molar-refractivity contribution in [2.45, 2.75) is 6.92 Å². The summed E-state index contributed by atoms with van der Waals surface area (Å²) < 4.78 is 0.743.